The number of piperidine rings is 1. The quantitative estimate of drug-likeness (QED) is 0.928. The van der Waals surface area contributed by atoms with Crippen LogP contribution in [-0.2, 0) is 6.42 Å². The van der Waals surface area contributed by atoms with Crippen LogP contribution in [0.25, 0.3) is 0 Å². The highest BCUT2D eigenvalue weighted by atomic mass is 19.4. The fraction of sp³-hybridized carbons (Fsp3) is 0.714. The molecule has 0 amide bonds. The van der Waals surface area contributed by atoms with Crippen molar-refractivity contribution in [3.63, 3.8) is 0 Å². The molecule has 118 valence electrons. The molecule has 0 radical (unpaired) electrons. The van der Waals surface area contributed by atoms with Crippen molar-refractivity contribution in [2.45, 2.75) is 44.8 Å². The van der Waals surface area contributed by atoms with Gasteiger partial charge in [0, 0.05) is 31.5 Å². The molecular formula is C14H21F3N4. The van der Waals surface area contributed by atoms with E-state index in [-0.39, 0.29) is 19.0 Å². The van der Waals surface area contributed by atoms with Crippen molar-refractivity contribution in [2.75, 3.05) is 18.0 Å². The van der Waals surface area contributed by atoms with E-state index in [2.05, 4.69) is 9.97 Å². The Morgan fingerprint density at radius 3 is 2.62 bits per heavy atom. The maximum Gasteiger partial charge on any atom is 0.393 e. The average Bonchev–Trinajstić information content (AvgIpc) is 2.47. The minimum atomic E-state index is -4.15. The minimum Gasteiger partial charge on any atom is -0.340 e. The Kier molecular flexibility index (Phi) is 5.03. The highest BCUT2D eigenvalue weighted by Gasteiger charge is 2.42. The second kappa shape index (κ2) is 6.60. The molecule has 1 aliphatic heterocycles. The van der Waals surface area contributed by atoms with E-state index in [0.717, 1.165) is 12.0 Å². The maximum absolute atomic E-state index is 12.8. The van der Waals surface area contributed by atoms with Gasteiger partial charge in [-0.25, -0.2) is 9.97 Å². The highest BCUT2D eigenvalue weighted by Crippen LogP contribution is 2.33. The number of nitrogens with two attached hydrogens (primary N) is 1. The number of aromatic nitrogens is 2. The van der Waals surface area contributed by atoms with Gasteiger partial charge in [-0.05, 0) is 31.2 Å². The predicted octanol–water partition coefficient (Wildman–Crippen LogP) is 2.54. The molecule has 2 rings (SSSR count). The molecule has 0 spiro atoms. The van der Waals surface area contributed by atoms with Crippen molar-refractivity contribution in [1.82, 2.24) is 9.97 Å². The molecular weight excluding hydrogens is 281 g/mol. The molecule has 0 aliphatic carbocycles. The summed E-state index contributed by atoms with van der Waals surface area (Å²) in [6.45, 7) is 2.52. The summed E-state index contributed by atoms with van der Waals surface area (Å²) in [5.74, 6) is -0.916. The summed E-state index contributed by atoms with van der Waals surface area (Å²) in [5.41, 5.74) is 6.78. The van der Waals surface area contributed by atoms with Gasteiger partial charge < -0.3 is 10.6 Å². The van der Waals surface area contributed by atoms with E-state index in [1.165, 1.54) is 0 Å². The molecule has 0 saturated carbocycles. The Balaban J connectivity index is 2.01. The zero-order chi connectivity index (χ0) is 15.5. The van der Waals surface area contributed by atoms with Crippen LogP contribution in [0.15, 0.2) is 12.4 Å². The molecule has 1 aromatic heterocycles. The number of hydrogen-bond donors (Lipinski definition) is 1. The van der Waals surface area contributed by atoms with E-state index < -0.39 is 12.1 Å². The number of hydrogen-bond acceptors (Lipinski definition) is 4. The third-order valence-corrected chi connectivity index (χ3v) is 3.88. The first-order valence-corrected chi connectivity index (χ1v) is 7.28. The van der Waals surface area contributed by atoms with Crippen LogP contribution >= 0.6 is 0 Å². The van der Waals surface area contributed by atoms with Gasteiger partial charge in [0.2, 0.25) is 5.95 Å². The second-order valence-corrected chi connectivity index (χ2v) is 5.59. The lowest BCUT2D eigenvalue weighted by atomic mass is 9.98. The molecule has 2 atom stereocenters. The number of halogens is 3. The molecule has 1 aliphatic rings. The molecule has 1 fully saturated rings. The van der Waals surface area contributed by atoms with Gasteiger partial charge in [-0.2, -0.15) is 13.2 Å². The minimum absolute atomic E-state index is 0.0582. The molecule has 0 aromatic carbocycles. The standard InChI is InChI=1S/C14H21F3N4/c1-2-12(18)6-10-7-19-13(20-8-10)21-5-3-4-11(9-21)14(15,16)17/h7-8,11-12H,2-6,9,18H2,1H3. The largest absolute Gasteiger partial charge is 0.393 e. The maximum atomic E-state index is 12.8. The van der Waals surface area contributed by atoms with Crippen LogP contribution in [-0.4, -0.2) is 35.3 Å². The Bertz CT molecular complexity index is 447. The van der Waals surface area contributed by atoms with E-state index in [0.29, 0.717) is 25.3 Å². The van der Waals surface area contributed by atoms with Crippen LogP contribution < -0.4 is 10.6 Å². The normalized spacial score (nSPS) is 21.4. The topological polar surface area (TPSA) is 55.0 Å². The van der Waals surface area contributed by atoms with E-state index in [4.69, 9.17) is 5.73 Å². The van der Waals surface area contributed by atoms with Crippen molar-refractivity contribution in [3.8, 4) is 0 Å². The summed E-state index contributed by atoms with van der Waals surface area (Å²) >= 11 is 0. The first-order valence-electron chi connectivity index (χ1n) is 7.28. The summed E-state index contributed by atoms with van der Waals surface area (Å²) in [6.07, 6.45) is 1.42. The Morgan fingerprint density at radius 1 is 1.38 bits per heavy atom. The fourth-order valence-electron chi connectivity index (χ4n) is 2.49. The number of rotatable bonds is 4. The van der Waals surface area contributed by atoms with Crippen LogP contribution in [0.4, 0.5) is 19.1 Å². The second-order valence-electron chi connectivity index (χ2n) is 5.59. The molecule has 21 heavy (non-hydrogen) atoms. The lowest BCUT2D eigenvalue weighted by molar-refractivity contribution is -0.176. The van der Waals surface area contributed by atoms with Gasteiger partial charge in [0.1, 0.15) is 0 Å². The van der Waals surface area contributed by atoms with Gasteiger partial charge in [-0.3, -0.25) is 0 Å². The number of nitrogens with zero attached hydrogens (tertiary/aromatic N) is 3. The first kappa shape index (κ1) is 16.0. The van der Waals surface area contributed by atoms with Crippen LogP contribution in [0.1, 0.15) is 31.7 Å². The summed E-state index contributed by atoms with van der Waals surface area (Å²) < 4.78 is 38.4. The summed E-state index contributed by atoms with van der Waals surface area (Å²) in [7, 11) is 0. The van der Waals surface area contributed by atoms with Crippen LogP contribution in [0.2, 0.25) is 0 Å². The summed E-state index contributed by atoms with van der Waals surface area (Å²) in [5, 5.41) is 0. The third-order valence-electron chi connectivity index (χ3n) is 3.88. The molecule has 2 N–H and O–H groups in total. The zero-order valence-electron chi connectivity index (χ0n) is 12.1. The van der Waals surface area contributed by atoms with Crippen molar-refractivity contribution in [3.05, 3.63) is 18.0 Å². The van der Waals surface area contributed by atoms with E-state index >= 15 is 0 Å². The average molecular weight is 302 g/mol. The lowest BCUT2D eigenvalue weighted by Crippen LogP contribution is -2.42. The predicted molar refractivity (Wildman–Crippen MR) is 75.0 cm³/mol. The molecule has 1 aromatic rings. The van der Waals surface area contributed by atoms with Crippen molar-refractivity contribution in [1.29, 1.82) is 0 Å². The molecule has 4 nitrogen and oxygen atoms in total. The van der Waals surface area contributed by atoms with Gasteiger partial charge in [0.25, 0.3) is 0 Å². The molecule has 0 bridgehead atoms. The SMILES string of the molecule is CCC(N)Cc1cnc(N2CCCC(C(F)(F)F)C2)nc1. The third kappa shape index (κ3) is 4.30. The van der Waals surface area contributed by atoms with Crippen molar-refractivity contribution in [2.24, 2.45) is 11.7 Å². The molecule has 2 heterocycles. The van der Waals surface area contributed by atoms with Gasteiger partial charge in [0.05, 0.1) is 5.92 Å². The number of alkyl halides is 3. The Hall–Kier alpha value is -1.37. The van der Waals surface area contributed by atoms with Crippen molar-refractivity contribution < 1.29 is 13.2 Å². The lowest BCUT2D eigenvalue weighted by Gasteiger charge is -2.33. The monoisotopic (exact) mass is 302 g/mol. The van der Waals surface area contributed by atoms with Crippen molar-refractivity contribution >= 4 is 5.95 Å². The van der Waals surface area contributed by atoms with E-state index in [9.17, 15) is 13.2 Å². The van der Waals surface area contributed by atoms with Gasteiger partial charge in [0.15, 0.2) is 0 Å². The number of anilines is 1. The van der Waals surface area contributed by atoms with Gasteiger partial charge >= 0.3 is 6.18 Å². The zero-order valence-corrected chi connectivity index (χ0v) is 12.1. The molecule has 1 saturated heterocycles. The Morgan fingerprint density at radius 2 is 2.05 bits per heavy atom. The van der Waals surface area contributed by atoms with E-state index in [1.54, 1.807) is 17.3 Å². The fourth-order valence-corrected chi connectivity index (χ4v) is 2.49. The van der Waals surface area contributed by atoms with Crippen LogP contribution in [0.3, 0.4) is 0 Å². The van der Waals surface area contributed by atoms with Crippen LogP contribution in [0, 0.1) is 5.92 Å². The molecule has 7 heteroatoms. The smallest absolute Gasteiger partial charge is 0.340 e. The summed E-state index contributed by atoms with van der Waals surface area (Å²) in [4.78, 5) is 10.0. The molecule has 2 unspecified atom stereocenters. The van der Waals surface area contributed by atoms with Gasteiger partial charge in [-0.15, -0.1) is 0 Å². The Labute approximate surface area is 122 Å². The van der Waals surface area contributed by atoms with Crippen LogP contribution in [0.5, 0.6) is 0 Å². The highest BCUT2D eigenvalue weighted by molar-refractivity contribution is 5.31. The summed E-state index contributed by atoms with van der Waals surface area (Å²) in [6, 6.07) is 0.0593. The van der Waals surface area contributed by atoms with E-state index in [1.807, 2.05) is 6.92 Å². The van der Waals surface area contributed by atoms with Gasteiger partial charge in [-0.1, -0.05) is 6.92 Å². The first-order chi connectivity index (χ1) is 9.90.